The molecule has 6 nitrogen and oxygen atoms in total. The lowest BCUT2D eigenvalue weighted by molar-refractivity contribution is -0.131. The zero-order valence-corrected chi connectivity index (χ0v) is 24.6. The van der Waals surface area contributed by atoms with Crippen LogP contribution in [0, 0.1) is 0 Å². The van der Waals surface area contributed by atoms with Gasteiger partial charge >= 0.3 is 0 Å². The summed E-state index contributed by atoms with van der Waals surface area (Å²) in [7, 11) is 1.90. The second-order valence-corrected chi connectivity index (χ2v) is 11.1. The molecule has 4 aromatic rings. The highest BCUT2D eigenvalue weighted by atomic mass is 35.5. The highest BCUT2D eigenvalue weighted by Crippen LogP contribution is 2.30. The Kier molecular flexibility index (Phi) is 9.91. The van der Waals surface area contributed by atoms with E-state index in [1.54, 1.807) is 12.3 Å². The third kappa shape index (κ3) is 7.66. The number of benzene rings is 3. The largest absolute Gasteiger partial charge is 0.379 e. The number of rotatable bonds is 10. The zero-order valence-electron chi connectivity index (χ0n) is 23.1. The van der Waals surface area contributed by atoms with Crippen molar-refractivity contribution < 1.29 is 9.53 Å². The van der Waals surface area contributed by atoms with E-state index in [0.717, 1.165) is 47.6 Å². The van der Waals surface area contributed by atoms with Crippen molar-refractivity contribution in [3.63, 3.8) is 0 Å². The zero-order chi connectivity index (χ0) is 28.6. The van der Waals surface area contributed by atoms with Crippen LogP contribution < -0.4 is 4.90 Å². The SMILES string of the molecule is CN(C(=O)CN(Cc1ccccc1)c1ccc(Cl)c(Cl)c1)C(CN1CCOCC1)c1ccc(-c2cccnc2)cc1. The van der Waals surface area contributed by atoms with Crippen LogP contribution in [0.2, 0.25) is 10.0 Å². The first-order valence-corrected chi connectivity index (χ1v) is 14.5. The number of amides is 1. The molecule has 1 saturated heterocycles. The Balaban J connectivity index is 1.40. The van der Waals surface area contributed by atoms with Crippen molar-refractivity contribution in [1.82, 2.24) is 14.8 Å². The third-order valence-corrected chi connectivity index (χ3v) is 8.24. The van der Waals surface area contributed by atoms with E-state index in [4.69, 9.17) is 27.9 Å². The van der Waals surface area contributed by atoms with Crippen molar-refractivity contribution >= 4 is 34.8 Å². The molecule has 1 amide bonds. The number of carbonyl (C=O) groups excluding carboxylic acids is 1. The van der Waals surface area contributed by atoms with Gasteiger partial charge in [-0.2, -0.15) is 0 Å². The molecule has 2 heterocycles. The quantitative estimate of drug-likeness (QED) is 0.209. The first-order valence-electron chi connectivity index (χ1n) is 13.8. The van der Waals surface area contributed by atoms with Gasteiger partial charge in [-0.1, -0.05) is 83.9 Å². The fourth-order valence-electron chi connectivity index (χ4n) is 5.08. The summed E-state index contributed by atoms with van der Waals surface area (Å²) in [5.41, 5.74) is 5.19. The van der Waals surface area contributed by atoms with Crippen LogP contribution in [0.5, 0.6) is 0 Å². The summed E-state index contributed by atoms with van der Waals surface area (Å²) in [6, 6.07) is 27.9. The predicted octanol–water partition coefficient (Wildman–Crippen LogP) is 6.59. The standard InChI is InChI=1S/C33H34Cl2N4O2/c1-37(33(40)24-39(22-25-6-3-2-4-7-25)29-13-14-30(34)31(35)20-29)32(23-38-16-18-41-19-17-38)27-11-9-26(10-12-27)28-8-5-15-36-21-28/h2-15,20-21,32H,16-19,22-24H2,1H3. The average molecular weight is 590 g/mol. The van der Waals surface area contributed by atoms with Crippen molar-refractivity contribution in [2.24, 2.45) is 0 Å². The lowest BCUT2D eigenvalue weighted by Crippen LogP contribution is -2.46. The number of aromatic nitrogens is 1. The molecule has 8 heteroatoms. The topological polar surface area (TPSA) is 48.9 Å². The van der Waals surface area contributed by atoms with Crippen LogP contribution in [-0.4, -0.2) is 67.1 Å². The number of halogens is 2. The maximum Gasteiger partial charge on any atom is 0.242 e. The Morgan fingerprint density at radius 2 is 1.68 bits per heavy atom. The summed E-state index contributed by atoms with van der Waals surface area (Å²) in [5.74, 6) is 0.0154. The van der Waals surface area contributed by atoms with Crippen LogP contribution in [0.15, 0.2) is 97.3 Å². The van der Waals surface area contributed by atoms with E-state index in [2.05, 4.69) is 46.3 Å². The van der Waals surface area contributed by atoms with Gasteiger partial charge in [0.1, 0.15) is 0 Å². The van der Waals surface area contributed by atoms with Crippen LogP contribution in [0.4, 0.5) is 5.69 Å². The lowest BCUT2D eigenvalue weighted by atomic mass is 10.00. The van der Waals surface area contributed by atoms with Crippen molar-refractivity contribution in [1.29, 1.82) is 0 Å². The van der Waals surface area contributed by atoms with E-state index >= 15 is 0 Å². The van der Waals surface area contributed by atoms with E-state index in [9.17, 15) is 4.79 Å². The minimum atomic E-state index is -0.129. The Labute approximate surface area is 252 Å². The van der Waals surface area contributed by atoms with E-state index in [0.29, 0.717) is 29.8 Å². The lowest BCUT2D eigenvalue weighted by Gasteiger charge is -2.36. The molecule has 0 radical (unpaired) electrons. The molecular formula is C33H34Cl2N4O2. The molecule has 0 bridgehead atoms. The van der Waals surface area contributed by atoms with Crippen LogP contribution in [0.3, 0.4) is 0 Å². The molecule has 1 fully saturated rings. The van der Waals surface area contributed by atoms with E-state index in [1.807, 2.05) is 65.5 Å². The summed E-state index contributed by atoms with van der Waals surface area (Å²) in [4.78, 5) is 24.5. The maximum atomic E-state index is 14.0. The van der Waals surface area contributed by atoms with Crippen molar-refractivity contribution in [2.75, 3.05) is 51.3 Å². The summed E-state index contributed by atoms with van der Waals surface area (Å²) < 4.78 is 5.58. The summed E-state index contributed by atoms with van der Waals surface area (Å²) in [6.07, 6.45) is 3.64. The van der Waals surface area contributed by atoms with Crippen molar-refractivity contribution in [3.8, 4) is 11.1 Å². The molecule has 0 saturated carbocycles. The number of anilines is 1. The summed E-state index contributed by atoms with van der Waals surface area (Å²) in [6.45, 7) is 4.57. The minimum absolute atomic E-state index is 0.0154. The molecule has 1 atom stereocenters. The molecule has 0 N–H and O–H groups in total. The number of hydrogen-bond acceptors (Lipinski definition) is 5. The normalized spacial score (nSPS) is 14.4. The number of pyridine rings is 1. The van der Waals surface area contributed by atoms with Gasteiger partial charge in [0.05, 0.1) is 35.8 Å². The molecular weight excluding hydrogens is 555 g/mol. The molecule has 1 aromatic heterocycles. The van der Waals surface area contributed by atoms with E-state index in [-0.39, 0.29) is 18.5 Å². The van der Waals surface area contributed by atoms with Crippen LogP contribution >= 0.6 is 23.2 Å². The Morgan fingerprint density at radius 1 is 0.927 bits per heavy atom. The smallest absolute Gasteiger partial charge is 0.242 e. The average Bonchev–Trinajstić information content (AvgIpc) is 3.02. The number of hydrogen-bond donors (Lipinski definition) is 0. The van der Waals surface area contributed by atoms with Gasteiger partial charge in [0.15, 0.2) is 0 Å². The molecule has 5 rings (SSSR count). The maximum absolute atomic E-state index is 14.0. The molecule has 1 aliphatic heterocycles. The Morgan fingerprint density at radius 3 is 2.37 bits per heavy atom. The fourth-order valence-corrected chi connectivity index (χ4v) is 5.38. The summed E-state index contributed by atoms with van der Waals surface area (Å²) >= 11 is 12.6. The van der Waals surface area contributed by atoms with Gasteiger partial charge in [0, 0.05) is 51.3 Å². The van der Waals surface area contributed by atoms with Gasteiger partial charge in [0.25, 0.3) is 0 Å². The van der Waals surface area contributed by atoms with Gasteiger partial charge in [-0.25, -0.2) is 0 Å². The molecule has 1 unspecified atom stereocenters. The number of carbonyl (C=O) groups is 1. The van der Waals surface area contributed by atoms with Gasteiger partial charge in [-0.3, -0.25) is 14.7 Å². The number of ether oxygens (including phenoxy) is 1. The van der Waals surface area contributed by atoms with Gasteiger partial charge in [0.2, 0.25) is 5.91 Å². The van der Waals surface area contributed by atoms with Crippen LogP contribution in [-0.2, 0) is 16.1 Å². The highest BCUT2D eigenvalue weighted by Gasteiger charge is 2.27. The van der Waals surface area contributed by atoms with E-state index < -0.39 is 0 Å². The fraction of sp³-hybridized carbons (Fsp3) is 0.273. The van der Waals surface area contributed by atoms with Gasteiger partial charge in [-0.05, 0) is 46.5 Å². The Bertz CT molecular complexity index is 1410. The third-order valence-electron chi connectivity index (χ3n) is 7.50. The second kappa shape index (κ2) is 14.0. The summed E-state index contributed by atoms with van der Waals surface area (Å²) in [5, 5.41) is 0.945. The minimum Gasteiger partial charge on any atom is -0.379 e. The predicted molar refractivity (Wildman–Crippen MR) is 166 cm³/mol. The number of likely N-dealkylation sites (N-methyl/N-ethyl adjacent to an activating group) is 1. The van der Waals surface area contributed by atoms with Crippen molar-refractivity contribution in [2.45, 2.75) is 12.6 Å². The number of nitrogens with zero attached hydrogens (tertiary/aromatic N) is 4. The van der Waals surface area contributed by atoms with Crippen LogP contribution in [0.1, 0.15) is 17.2 Å². The van der Waals surface area contributed by atoms with Gasteiger partial charge in [-0.15, -0.1) is 0 Å². The highest BCUT2D eigenvalue weighted by molar-refractivity contribution is 6.42. The van der Waals surface area contributed by atoms with Crippen molar-refractivity contribution in [3.05, 3.63) is 118 Å². The second-order valence-electron chi connectivity index (χ2n) is 10.2. The molecule has 0 spiro atoms. The molecule has 212 valence electrons. The number of morpholine rings is 1. The molecule has 3 aromatic carbocycles. The Hall–Kier alpha value is -3.42. The first-order chi connectivity index (χ1) is 20.0. The van der Waals surface area contributed by atoms with Crippen LogP contribution in [0.25, 0.3) is 11.1 Å². The van der Waals surface area contributed by atoms with E-state index in [1.165, 1.54) is 0 Å². The molecule has 0 aliphatic carbocycles. The monoisotopic (exact) mass is 588 g/mol. The van der Waals surface area contributed by atoms with Gasteiger partial charge < -0.3 is 14.5 Å². The molecule has 41 heavy (non-hydrogen) atoms. The first kappa shape index (κ1) is 29.1. The molecule has 1 aliphatic rings.